The van der Waals surface area contributed by atoms with Crippen LogP contribution in [0.5, 0.6) is 11.5 Å². The van der Waals surface area contributed by atoms with Gasteiger partial charge in [-0.1, -0.05) is 41.6 Å². The minimum absolute atomic E-state index is 0.00560. The molecule has 1 fully saturated rings. The Hall–Kier alpha value is -3.47. The van der Waals surface area contributed by atoms with Crippen molar-refractivity contribution in [1.29, 1.82) is 0 Å². The fourth-order valence-electron chi connectivity index (χ4n) is 3.34. The molecule has 0 aromatic heterocycles. The van der Waals surface area contributed by atoms with Crippen LogP contribution < -0.4 is 14.4 Å². The predicted octanol–water partition coefficient (Wildman–Crippen LogP) is 6.77. The molecule has 0 aliphatic carbocycles. The maximum atomic E-state index is 13.5. The number of anilines is 1. The third-order valence-electron chi connectivity index (χ3n) is 5.06. The van der Waals surface area contributed by atoms with Gasteiger partial charge in [0.1, 0.15) is 12.4 Å². The number of rotatable bonds is 8. The number of carbonyl (C=O) groups excluding carboxylic acids is 1. The van der Waals surface area contributed by atoms with E-state index >= 15 is 0 Å². The second-order valence-corrected chi connectivity index (χ2v) is 9.55. The van der Waals surface area contributed by atoms with Crippen LogP contribution >= 0.6 is 35.6 Å². The monoisotopic (exact) mass is 544 g/mol. The van der Waals surface area contributed by atoms with Crippen LogP contribution in [0, 0.1) is 15.9 Å². The average Bonchev–Trinajstić information content (AvgIpc) is 3.13. The SMILES string of the molecule is CCOc1cc(/C=C2/SC(=S)N(c3ccc(F)c(Cl)c3)C2=O)ccc1OCc1ccc([N+](=O)[O-])cc1. The summed E-state index contributed by atoms with van der Waals surface area (Å²) in [5.74, 6) is 0.0414. The molecule has 7 nitrogen and oxygen atoms in total. The Morgan fingerprint density at radius 3 is 2.53 bits per heavy atom. The van der Waals surface area contributed by atoms with Gasteiger partial charge in [-0.05, 0) is 66.6 Å². The second-order valence-electron chi connectivity index (χ2n) is 7.47. The summed E-state index contributed by atoms with van der Waals surface area (Å²) in [4.78, 5) is 25.1. The molecule has 1 amide bonds. The predicted molar refractivity (Wildman–Crippen MR) is 142 cm³/mol. The molecule has 36 heavy (non-hydrogen) atoms. The lowest BCUT2D eigenvalue weighted by Gasteiger charge is -2.15. The molecular weight excluding hydrogens is 527 g/mol. The van der Waals surface area contributed by atoms with Gasteiger partial charge in [-0.2, -0.15) is 0 Å². The van der Waals surface area contributed by atoms with Gasteiger partial charge in [0.05, 0.1) is 27.1 Å². The molecular formula is C25H18ClFN2O5S2. The first-order valence-corrected chi connectivity index (χ1v) is 12.2. The number of nitro benzene ring substituents is 1. The zero-order valence-corrected chi connectivity index (χ0v) is 21.2. The molecule has 0 unspecified atom stereocenters. The fraction of sp³-hybridized carbons (Fsp3) is 0.120. The van der Waals surface area contributed by atoms with Crippen LogP contribution in [0.2, 0.25) is 5.02 Å². The zero-order chi connectivity index (χ0) is 25.8. The molecule has 0 N–H and O–H groups in total. The van der Waals surface area contributed by atoms with Gasteiger partial charge in [-0.3, -0.25) is 19.8 Å². The van der Waals surface area contributed by atoms with Crippen molar-refractivity contribution in [2.75, 3.05) is 11.5 Å². The Kier molecular flexibility index (Phi) is 7.88. The number of hydrogen-bond acceptors (Lipinski definition) is 7. The van der Waals surface area contributed by atoms with Crippen molar-refractivity contribution in [3.8, 4) is 11.5 Å². The smallest absolute Gasteiger partial charge is 0.270 e. The first kappa shape index (κ1) is 25.6. The number of non-ortho nitro benzene ring substituents is 1. The minimum Gasteiger partial charge on any atom is -0.490 e. The Labute approximate surface area is 220 Å². The molecule has 0 atom stereocenters. The molecule has 1 saturated heterocycles. The van der Waals surface area contributed by atoms with Gasteiger partial charge < -0.3 is 9.47 Å². The maximum absolute atomic E-state index is 13.5. The van der Waals surface area contributed by atoms with E-state index in [1.54, 1.807) is 36.4 Å². The van der Waals surface area contributed by atoms with Crippen molar-refractivity contribution in [3.63, 3.8) is 0 Å². The lowest BCUT2D eigenvalue weighted by molar-refractivity contribution is -0.384. The van der Waals surface area contributed by atoms with Gasteiger partial charge in [0.15, 0.2) is 15.8 Å². The van der Waals surface area contributed by atoms with E-state index < -0.39 is 10.7 Å². The van der Waals surface area contributed by atoms with E-state index in [4.69, 9.17) is 33.3 Å². The van der Waals surface area contributed by atoms with Gasteiger partial charge in [0, 0.05) is 12.1 Å². The third-order valence-corrected chi connectivity index (χ3v) is 6.65. The van der Waals surface area contributed by atoms with E-state index in [1.807, 2.05) is 6.92 Å². The van der Waals surface area contributed by atoms with Crippen LogP contribution in [0.1, 0.15) is 18.1 Å². The number of nitrogens with zero attached hydrogens (tertiary/aromatic N) is 2. The van der Waals surface area contributed by atoms with Gasteiger partial charge in [0.25, 0.3) is 11.6 Å². The van der Waals surface area contributed by atoms with Crippen LogP contribution in [0.15, 0.2) is 65.6 Å². The standard InChI is InChI=1S/C25H18ClFN2O5S2/c1-2-33-22-11-16(5-10-21(22)34-14-15-3-6-17(7-4-15)29(31)32)12-23-24(30)28(25(35)36-23)18-8-9-20(27)19(26)13-18/h3-13H,2,14H2,1H3/b23-12+. The summed E-state index contributed by atoms with van der Waals surface area (Å²) in [6, 6.07) is 15.3. The number of ether oxygens (including phenoxy) is 2. The molecule has 1 aliphatic rings. The fourth-order valence-corrected chi connectivity index (χ4v) is 4.82. The van der Waals surface area contributed by atoms with Crippen LogP contribution in [-0.2, 0) is 11.4 Å². The Bertz CT molecular complexity index is 1380. The molecule has 0 saturated carbocycles. The molecule has 3 aromatic rings. The highest BCUT2D eigenvalue weighted by Crippen LogP contribution is 2.38. The van der Waals surface area contributed by atoms with Crippen LogP contribution in [-0.4, -0.2) is 21.8 Å². The second kappa shape index (κ2) is 11.1. The van der Waals surface area contributed by atoms with Crippen molar-refractivity contribution in [2.24, 2.45) is 0 Å². The van der Waals surface area contributed by atoms with E-state index in [0.717, 1.165) is 17.3 Å². The molecule has 11 heteroatoms. The van der Waals surface area contributed by atoms with E-state index in [9.17, 15) is 19.3 Å². The lowest BCUT2D eigenvalue weighted by atomic mass is 10.1. The van der Waals surface area contributed by atoms with E-state index in [-0.39, 0.29) is 23.2 Å². The Balaban J connectivity index is 1.53. The summed E-state index contributed by atoms with van der Waals surface area (Å²) in [6.07, 6.45) is 1.69. The summed E-state index contributed by atoms with van der Waals surface area (Å²) in [7, 11) is 0. The molecule has 0 spiro atoms. The number of benzene rings is 3. The molecule has 3 aromatic carbocycles. The molecule has 0 radical (unpaired) electrons. The number of halogens is 2. The highest BCUT2D eigenvalue weighted by Gasteiger charge is 2.33. The zero-order valence-electron chi connectivity index (χ0n) is 18.8. The summed E-state index contributed by atoms with van der Waals surface area (Å²) in [5, 5.41) is 10.7. The number of carbonyl (C=O) groups is 1. The summed E-state index contributed by atoms with van der Waals surface area (Å²) >= 11 is 12.4. The number of thioether (sulfide) groups is 1. The minimum atomic E-state index is -0.583. The lowest BCUT2D eigenvalue weighted by Crippen LogP contribution is -2.27. The topological polar surface area (TPSA) is 81.9 Å². The highest BCUT2D eigenvalue weighted by molar-refractivity contribution is 8.27. The third kappa shape index (κ3) is 5.67. The van der Waals surface area contributed by atoms with Crippen molar-refractivity contribution in [3.05, 3.63) is 97.6 Å². The summed E-state index contributed by atoms with van der Waals surface area (Å²) in [6.45, 7) is 2.42. The quantitative estimate of drug-likeness (QED) is 0.134. The normalized spacial score (nSPS) is 14.4. The van der Waals surface area contributed by atoms with Crippen molar-refractivity contribution in [1.82, 2.24) is 0 Å². The highest BCUT2D eigenvalue weighted by atomic mass is 35.5. The van der Waals surface area contributed by atoms with E-state index in [0.29, 0.717) is 38.6 Å². The van der Waals surface area contributed by atoms with Crippen LogP contribution in [0.4, 0.5) is 15.8 Å². The number of nitro groups is 1. The first-order valence-electron chi connectivity index (χ1n) is 10.6. The largest absolute Gasteiger partial charge is 0.490 e. The summed E-state index contributed by atoms with van der Waals surface area (Å²) < 4.78 is 25.4. The van der Waals surface area contributed by atoms with E-state index in [1.165, 1.54) is 35.2 Å². The first-order chi connectivity index (χ1) is 17.3. The van der Waals surface area contributed by atoms with Crippen molar-refractivity contribution in [2.45, 2.75) is 13.5 Å². The average molecular weight is 545 g/mol. The molecule has 4 rings (SSSR count). The van der Waals surface area contributed by atoms with Crippen molar-refractivity contribution >= 4 is 63.3 Å². The summed E-state index contributed by atoms with van der Waals surface area (Å²) in [5.41, 5.74) is 1.85. The van der Waals surface area contributed by atoms with Gasteiger partial charge >= 0.3 is 0 Å². The van der Waals surface area contributed by atoms with Crippen LogP contribution in [0.25, 0.3) is 6.08 Å². The van der Waals surface area contributed by atoms with Crippen molar-refractivity contribution < 1.29 is 23.6 Å². The molecule has 184 valence electrons. The molecule has 0 bridgehead atoms. The van der Waals surface area contributed by atoms with Gasteiger partial charge in [0.2, 0.25) is 0 Å². The Morgan fingerprint density at radius 2 is 1.86 bits per heavy atom. The number of amides is 1. The van der Waals surface area contributed by atoms with Gasteiger partial charge in [-0.15, -0.1) is 0 Å². The molecule has 1 heterocycles. The Morgan fingerprint density at radius 1 is 1.11 bits per heavy atom. The molecule has 1 aliphatic heterocycles. The number of thiocarbonyl (C=S) groups is 1. The number of hydrogen-bond donors (Lipinski definition) is 0. The van der Waals surface area contributed by atoms with Gasteiger partial charge in [-0.25, -0.2) is 4.39 Å². The van der Waals surface area contributed by atoms with E-state index in [2.05, 4.69) is 0 Å². The van der Waals surface area contributed by atoms with Crippen LogP contribution in [0.3, 0.4) is 0 Å². The maximum Gasteiger partial charge on any atom is 0.270 e.